The molecule has 178 valence electrons. The molecule has 0 radical (unpaired) electrons. The largest absolute Gasteiger partial charge is 0.416 e. The molecule has 2 aliphatic rings. The number of amidine groups is 1. The molecule has 2 heterocycles. The Labute approximate surface area is 201 Å². The van der Waals surface area contributed by atoms with Crippen molar-refractivity contribution in [2.75, 3.05) is 18.5 Å². The van der Waals surface area contributed by atoms with E-state index >= 15 is 0 Å². The van der Waals surface area contributed by atoms with Crippen LogP contribution >= 0.6 is 23.5 Å². The molecule has 5 N–H and O–H groups in total. The maximum absolute atomic E-state index is 12.9. The molecular weight excluding hydrogens is 487 g/mol. The Morgan fingerprint density at radius 2 is 2.12 bits per heavy atom. The third kappa shape index (κ3) is 5.06. The van der Waals surface area contributed by atoms with Gasteiger partial charge in [0.1, 0.15) is 15.2 Å². The van der Waals surface area contributed by atoms with E-state index in [-0.39, 0.29) is 16.9 Å². The van der Waals surface area contributed by atoms with Crippen LogP contribution in [0.25, 0.3) is 0 Å². The number of nitrogens with one attached hydrogen (secondary N) is 1. The summed E-state index contributed by atoms with van der Waals surface area (Å²) in [4.78, 5) is 6.70. The van der Waals surface area contributed by atoms with E-state index in [0.29, 0.717) is 23.7 Å². The third-order valence-corrected chi connectivity index (χ3v) is 7.53. The van der Waals surface area contributed by atoms with E-state index < -0.39 is 11.7 Å². The SMILES string of the molecule is CN(C/C(N)=N/NN)c1cc2c(nn1)SC(SCc1ccc(C(F)(F)F)cc1C#N)=NC21CC1. The predicted molar refractivity (Wildman–Crippen MR) is 126 cm³/mol. The van der Waals surface area contributed by atoms with Crippen LogP contribution in [0.15, 0.2) is 39.4 Å². The van der Waals surface area contributed by atoms with Crippen LogP contribution in [0.4, 0.5) is 19.0 Å². The zero-order chi connectivity index (χ0) is 24.5. The molecule has 1 aliphatic carbocycles. The van der Waals surface area contributed by atoms with Gasteiger partial charge in [0.05, 0.1) is 29.3 Å². The zero-order valence-corrected chi connectivity index (χ0v) is 19.6. The smallest absolute Gasteiger partial charge is 0.384 e. The molecule has 1 aromatic heterocycles. The molecule has 34 heavy (non-hydrogen) atoms. The van der Waals surface area contributed by atoms with E-state index in [0.717, 1.165) is 39.9 Å². The normalized spacial score (nSPS) is 16.5. The average Bonchev–Trinajstić information content (AvgIpc) is 3.56. The first kappa shape index (κ1) is 24.1. The molecule has 9 nitrogen and oxygen atoms in total. The summed E-state index contributed by atoms with van der Waals surface area (Å²) in [6, 6.07) is 7.03. The number of thioether (sulfide) groups is 2. The number of nitrogens with two attached hydrogens (primary N) is 2. The third-order valence-electron chi connectivity index (χ3n) is 5.37. The Hall–Kier alpha value is -3.02. The number of nitrogens with zero attached hydrogens (tertiary/aromatic N) is 6. The topological polar surface area (TPSA) is 142 Å². The molecule has 1 aromatic carbocycles. The lowest BCUT2D eigenvalue weighted by Crippen LogP contribution is -2.34. The Bertz CT molecular complexity index is 1200. The second-order valence-electron chi connectivity index (χ2n) is 7.79. The number of benzene rings is 1. The zero-order valence-electron chi connectivity index (χ0n) is 17.9. The molecule has 0 unspecified atom stereocenters. The minimum Gasteiger partial charge on any atom is -0.384 e. The highest BCUT2D eigenvalue weighted by molar-refractivity contribution is 8.38. The fourth-order valence-electron chi connectivity index (χ4n) is 3.43. The fraction of sp³-hybridized carbons (Fsp3) is 0.350. The van der Waals surface area contributed by atoms with Crippen LogP contribution in [-0.2, 0) is 17.5 Å². The van der Waals surface area contributed by atoms with E-state index in [4.69, 9.17) is 16.6 Å². The quantitative estimate of drug-likeness (QED) is 0.233. The number of nitriles is 1. The van der Waals surface area contributed by atoms with Crippen molar-refractivity contribution in [2.45, 2.75) is 35.3 Å². The summed E-state index contributed by atoms with van der Waals surface area (Å²) in [6.45, 7) is 0.302. The Balaban J connectivity index is 1.50. The van der Waals surface area contributed by atoms with E-state index in [1.54, 1.807) is 4.90 Å². The van der Waals surface area contributed by atoms with Crippen LogP contribution in [0.5, 0.6) is 0 Å². The number of aliphatic imine (C=N–C) groups is 1. The number of halogens is 3. The number of hydrogen-bond acceptors (Lipinski definition) is 10. The van der Waals surface area contributed by atoms with Crippen molar-refractivity contribution in [3.8, 4) is 6.07 Å². The van der Waals surface area contributed by atoms with Crippen LogP contribution in [-0.4, -0.2) is 34.0 Å². The lowest BCUT2D eigenvalue weighted by Gasteiger charge is -2.24. The number of rotatable bonds is 6. The van der Waals surface area contributed by atoms with Crippen molar-refractivity contribution in [3.05, 3.63) is 46.5 Å². The van der Waals surface area contributed by atoms with Gasteiger partial charge in [0.15, 0.2) is 5.82 Å². The van der Waals surface area contributed by atoms with Gasteiger partial charge in [-0.2, -0.15) is 23.5 Å². The van der Waals surface area contributed by atoms with Gasteiger partial charge < -0.3 is 10.6 Å². The summed E-state index contributed by atoms with van der Waals surface area (Å²) >= 11 is 2.74. The molecule has 0 atom stereocenters. The summed E-state index contributed by atoms with van der Waals surface area (Å²) in [6.07, 6.45) is -2.76. The van der Waals surface area contributed by atoms with Gasteiger partial charge in [-0.3, -0.25) is 4.99 Å². The van der Waals surface area contributed by atoms with Crippen LogP contribution in [0.2, 0.25) is 0 Å². The minimum atomic E-state index is -4.49. The van der Waals surface area contributed by atoms with Crippen LogP contribution in [0.1, 0.15) is 35.1 Å². The standard InChI is InChI=1S/C20H20F3N9S2/c1-32(9-15(25)28-31-26)16-7-14-17(30-29-16)34-18(27-19(14)4-5-19)33-10-11-2-3-13(20(21,22)23)6-12(11)8-24/h2-3,6-7,31H,4-5,9-10,26H2,1H3,(H2,25,28). The Morgan fingerprint density at radius 3 is 2.76 bits per heavy atom. The van der Waals surface area contributed by atoms with E-state index in [2.05, 4.69) is 20.8 Å². The summed E-state index contributed by atoms with van der Waals surface area (Å²) in [5.74, 6) is 6.38. The summed E-state index contributed by atoms with van der Waals surface area (Å²) in [5, 5.41) is 22.5. The highest BCUT2D eigenvalue weighted by Crippen LogP contribution is 2.56. The second-order valence-corrected chi connectivity index (χ2v) is 9.99. The van der Waals surface area contributed by atoms with Gasteiger partial charge in [-0.15, -0.1) is 10.2 Å². The molecule has 1 saturated carbocycles. The van der Waals surface area contributed by atoms with E-state index in [1.807, 2.05) is 19.2 Å². The highest BCUT2D eigenvalue weighted by atomic mass is 32.2. The summed E-state index contributed by atoms with van der Waals surface area (Å²) < 4.78 is 39.6. The van der Waals surface area contributed by atoms with Gasteiger partial charge in [0.25, 0.3) is 0 Å². The lowest BCUT2D eigenvalue weighted by atomic mass is 10.1. The number of fused-ring (bicyclic) bond motifs is 2. The molecule has 4 rings (SSSR count). The minimum absolute atomic E-state index is 0.00499. The van der Waals surface area contributed by atoms with Gasteiger partial charge in [0.2, 0.25) is 0 Å². The van der Waals surface area contributed by atoms with Crippen LogP contribution < -0.4 is 22.0 Å². The Kier molecular flexibility index (Phi) is 6.61. The fourth-order valence-corrected chi connectivity index (χ4v) is 5.68. The molecule has 1 spiro atoms. The average molecular weight is 508 g/mol. The highest BCUT2D eigenvalue weighted by Gasteiger charge is 2.49. The van der Waals surface area contributed by atoms with Crippen molar-refractivity contribution in [2.24, 2.45) is 21.7 Å². The maximum Gasteiger partial charge on any atom is 0.416 e. The number of likely N-dealkylation sites (N-methyl/N-ethyl adjacent to an activating group) is 1. The Morgan fingerprint density at radius 1 is 1.35 bits per heavy atom. The molecule has 14 heteroatoms. The van der Waals surface area contributed by atoms with Crippen molar-refractivity contribution in [1.82, 2.24) is 15.7 Å². The van der Waals surface area contributed by atoms with Gasteiger partial charge in [0, 0.05) is 18.4 Å². The maximum atomic E-state index is 12.9. The van der Waals surface area contributed by atoms with Crippen LogP contribution in [0, 0.1) is 11.3 Å². The van der Waals surface area contributed by atoms with Crippen molar-refractivity contribution in [1.29, 1.82) is 5.26 Å². The first-order valence-electron chi connectivity index (χ1n) is 10.0. The van der Waals surface area contributed by atoms with E-state index in [1.165, 1.54) is 29.6 Å². The number of aromatic nitrogens is 2. The molecule has 1 aliphatic heterocycles. The predicted octanol–water partition coefficient (Wildman–Crippen LogP) is 2.92. The molecular formula is C20H20F3N9S2. The summed E-state index contributed by atoms with van der Waals surface area (Å²) in [7, 11) is 1.81. The monoisotopic (exact) mass is 507 g/mol. The number of hydrazine groups is 1. The van der Waals surface area contributed by atoms with Gasteiger partial charge in [-0.25, -0.2) is 11.4 Å². The van der Waals surface area contributed by atoms with E-state index in [9.17, 15) is 18.4 Å². The number of hydrogen-bond donors (Lipinski definition) is 3. The number of anilines is 1. The summed E-state index contributed by atoms with van der Waals surface area (Å²) in [5.41, 5.74) is 8.25. The van der Waals surface area contributed by atoms with Crippen LogP contribution in [0.3, 0.4) is 0 Å². The number of hydrazone groups is 1. The van der Waals surface area contributed by atoms with Gasteiger partial charge in [-0.05, 0) is 48.4 Å². The molecule has 0 saturated heterocycles. The number of alkyl halides is 3. The molecule has 0 bridgehead atoms. The first-order chi connectivity index (χ1) is 16.1. The second kappa shape index (κ2) is 9.32. The van der Waals surface area contributed by atoms with Crippen molar-refractivity contribution >= 4 is 39.6 Å². The lowest BCUT2D eigenvalue weighted by molar-refractivity contribution is -0.137. The first-order valence-corrected chi connectivity index (χ1v) is 11.8. The van der Waals surface area contributed by atoms with Crippen molar-refractivity contribution in [3.63, 3.8) is 0 Å². The molecule has 1 fully saturated rings. The molecule has 2 aromatic rings. The van der Waals surface area contributed by atoms with Gasteiger partial charge >= 0.3 is 6.18 Å². The van der Waals surface area contributed by atoms with Crippen molar-refractivity contribution < 1.29 is 13.2 Å². The molecule has 0 amide bonds. The van der Waals surface area contributed by atoms with Gasteiger partial charge in [-0.1, -0.05) is 17.8 Å².